The Morgan fingerprint density at radius 1 is 1.17 bits per heavy atom. The maximum atomic E-state index is 12.2. The highest BCUT2D eigenvalue weighted by molar-refractivity contribution is 14.1. The highest BCUT2D eigenvalue weighted by Crippen LogP contribution is 2.23. The van der Waals surface area contributed by atoms with Crippen LogP contribution in [-0.2, 0) is 6.42 Å². The summed E-state index contributed by atoms with van der Waals surface area (Å²) in [7, 11) is 0. The molecule has 2 aromatic carbocycles. The molecule has 3 nitrogen and oxygen atoms in total. The fourth-order valence-electron chi connectivity index (χ4n) is 1.94. The minimum atomic E-state index is -0.343. The van der Waals surface area contributed by atoms with Crippen LogP contribution in [0.25, 0.3) is 0 Å². The first-order chi connectivity index (χ1) is 10.9. The lowest BCUT2D eigenvalue weighted by atomic mass is 10.1. The number of hydrogen-bond acceptors (Lipinski definition) is 2. The van der Waals surface area contributed by atoms with Gasteiger partial charge in [0.1, 0.15) is 0 Å². The highest BCUT2D eigenvalue weighted by atomic mass is 127. The van der Waals surface area contributed by atoms with Gasteiger partial charge in [0.15, 0.2) is 5.11 Å². The van der Waals surface area contributed by atoms with Crippen LogP contribution in [0.5, 0.6) is 0 Å². The van der Waals surface area contributed by atoms with Crippen LogP contribution in [0.2, 0.25) is 10.0 Å². The summed E-state index contributed by atoms with van der Waals surface area (Å²) in [5, 5.41) is 6.64. The third kappa shape index (κ3) is 5.04. The van der Waals surface area contributed by atoms with Crippen LogP contribution in [0.4, 0.5) is 5.69 Å². The molecule has 0 aliphatic heterocycles. The molecule has 0 saturated carbocycles. The number of halogens is 3. The number of carbonyl (C=O) groups excluding carboxylic acids is 1. The first-order valence-corrected chi connectivity index (χ1v) is 9.00. The van der Waals surface area contributed by atoms with Gasteiger partial charge in [0.25, 0.3) is 5.91 Å². The van der Waals surface area contributed by atoms with E-state index in [1.54, 1.807) is 12.1 Å². The predicted octanol–water partition coefficient (Wildman–Crippen LogP) is 5.29. The first kappa shape index (κ1) is 18.4. The molecule has 0 fully saturated rings. The Hall–Kier alpha value is -0.890. The fourth-order valence-corrected chi connectivity index (χ4v) is 3.00. The standard InChI is InChI=1S/C16H13Cl2IN2OS/c1-2-9-7-11(19)4-6-14(9)20-16(23)21-15(22)10-3-5-12(17)13(18)8-10/h3-8H,2H2,1H3,(H2,20,21,22,23). The van der Waals surface area contributed by atoms with E-state index in [9.17, 15) is 4.79 Å². The highest BCUT2D eigenvalue weighted by Gasteiger charge is 2.11. The number of nitrogens with one attached hydrogen (secondary N) is 2. The van der Waals surface area contributed by atoms with Crippen molar-refractivity contribution >= 4 is 74.7 Å². The van der Waals surface area contributed by atoms with Crippen molar-refractivity contribution in [2.24, 2.45) is 0 Å². The summed E-state index contributed by atoms with van der Waals surface area (Å²) in [6.45, 7) is 2.06. The van der Waals surface area contributed by atoms with Crippen molar-refractivity contribution in [3.63, 3.8) is 0 Å². The molecule has 2 aromatic rings. The fraction of sp³-hybridized carbons (Fsp3) is 0.125. The Balaban J connectivity index is 2.07. The smallest absolute Gasteiger partial charge is 0.257 e. The zero-order valence-electron chi connectivity index (χ0n) is 12.1. The molecule has 0 aliphatic carbocycles. The number of thiocarbonyl (C=S) groups is 1. The molecular formula is C16H13Cl2IN2OS. The topological polar surface area (TPSA) is 41.1 Å². The summed E-state index contributed by atoms with van der Waals surface area (Å²) in [5.74, 6) is -0.343. The number of benzene rings is 2. The van der Waals surface area contributed by atoms with Gasteiger partial charge in [-0.2, -0.15) is 0 Å². The minimum Gasteiger partial charge on any atom is -0.332 e. The average molecular weight is 479 g/mol. The second-order valence-electron chi connectivity index (χ2n) is 4.69. The van der Waals surface area contributed by atoms with Gasteiger partial charge in [0.05, 0.1) is 10.0 Å². The third-order valence-electron chi connectivity index (χ3n) is 3.11. The number of hydrogen-bond donors (Lipinski definition) is 2. The summed E-state index contributed by atoms with van der Waals surface area (Å²) >= 11 is 19.2. The van der Waals surface area contributed by atoms with Crippen LogP contribution < -0.4 is 10.6 Å². The van der Waals surface area contributed by atoms with Crippen molar-refractivity contribution in [2.45, 2.75) is 13.3 Å². The Morgan fingerprint density at radius 3 is 2.57 bits per heavy atom. The quantitative estimate of drug-likeness (QED) is 0.465. The lowest BCUT2D eigenvalue weighted by molar-refractivity contribution is 0.0978. The van der Waals surface area contributed by atoms with Crippen LogP contribution in [-0.4, -0.2) is 11.0 Å². The first-order valence-electron chi connectivity index (χ1n) is 6.76. The van der Waals surface area contributed by atoms with Gasteiger partial charge in [-0.3, -0.25) is 10.1 Å². The SMILES string of the molecule is CCc1cc(I)ccc1NC(=S)NC(=O)c1ccc(Cl)c(Cl)c1. The molecular weight excluding hydrogens is 466 g/mol. The van der Waals surface area contributed by atoms with E-state index in [2.05, 4.69) is 46.2 Å². The zero-order valence-corrected chi connectivity index (χ0v) is 16.6. The second-order valence-corrected chi connectivity index (χ2v) is 7.16. The maximum absolute atomic E-state index is 12.2. The van der Waals surface area contributed by atoms with Gasteiger partial charge in [0, 0.05) is 14.8 Å². The molecule has 0 atom stereocenters. The molecule has 0 radical (unpaired) electrons. The molecule has 120 valence electrons. The van der Waals surface area contributed by atoms with Crippen molar-refractivity contribution in [1.29, 1.82) is 0 Å². The van der Waals surface area contributed by atoms with Gasteiger partial charge in [-0.25, -0.2) is 0 Å². The van der Waals surface area contributed by atoms with Crippen LogP contribution in [0.15, 0.2) is 36.4 Å². The van der Waals surface area contributed by atoms with Gasteiger partial charge >= 0.3 is 0 Å². The normalized spacial score (nSPS) is 10.3. The lowest BCUT2D eigenvalue weighted by Gasteiger charge is -2.13. The lowest BCUT2D eigenvalue weighted by Crippen LogP contribution is -2.34. The minimum absolute atomic E-state index is 0.233. The molecule has 0 aromatic heterocycles. The monoisotopic (exact) mass is 478 g/mol. The Morgan fingerprint density at radius 2 is 1.91 bits per heavy atom. The van der Waals surface area contributed by atoms with Crippen molar-refractivity contribution in [1.82, 2.24) is 5.32 Å². The van der Waals surface area contributed by atoms with E-state index >= 15 is 0 Å². The molecule has 1 amide bonds. The van der Waals surface area contributed by atoms with E-state index in [0.717, 1.165) is 21.2 Å². The van der Waals surface area contributed by atoms with Crippen LogP contribution in [0.1, 0.15) is 22.8 Å². The zero-order chi connectivity index (χ0) is 17.0. The van der Waals surface area contributed by atoms with Gasteiger partial charge in [-0.1, -0.05) is 30.1 Å². The summed E-state index contributed by atoms with van der Waals surface area (Å²) in [4.78, 5) is 12.2. The van der Waals surface area contributed by atoms with Crippen LogP contribution >= 0.6 is 58.0 Å². The van der Waals surface area contributed by atoms with Crippen LogP contribution in [0, 0.1) is 3.57 Å². The van der Waals surface area contributed by atoms with Gasteiger partial charge in [-0.15, -0.1) is 0 Å². The Bertz CT molecular complexity index is 768. The van der Waals surface area contributed by atoms with E-state index in [1.165, 1.54) is 6.07 Å². The van der Waals surface area contributed by atoms with Crippen molar-refractivity contribution in [2.75, 3.05) is 5.32 Å². The molecule has 2 N–H and O–H groups in total. The van der Waals surface area contributed by atoms with Gasteiger partial charge in [-0.05, 0) is 83.2 Å². The Labute approximate surface area is 163 Å². The molecule has 23 heavy (non-hydrogen) atoms. The van der Waals surface area contributed by atoms with Gasteiger partial charge in [0.2, 0.25) is 0 Å². The number of rotatable bonds is 3. The molecule has 0 saturated heterocycles. The van der Waals surface area contributed by atoms with E-state index < -0.39 is 0 Å². The summed E-state index contributed by atoms with van der Waals surface area (Å²) in [5.41, 5.74) is 2.40. The molecule has 0 unspecified atom stereocenters. The number of carbonyl (C=O) groups is 1. The number of aryl methyl sites for hydroxylation is 1. The number of amides is 1. The van der Waals surface area contributed by atoms with Crippen molar-refractivity contribution in [3.8, 4) is 0 Å². The van der Waals surface area contributed by atoms with Crippen LogP contribution in [0.3, 0.4) is 0 Å². The van der Waals surface area contributed by atoms with E-state index in [-0.39, 0.29) is 11.0 Å². The predicted molar refractivity (Wildman–Crippen MR) is 109 cm³/mol. The second kappa shape index (κ2) is 8.28. The molecule has 0 aliphatic rings. The molecule has 0 spiro atoms. The molecule has 0 heterocycles. The molecule has 2 rings (SSSR count). The maximum Gasteiger partial charge on any atom is 0.257 e. The summed E-state index contributed by atoms with van der Waals surface area (Å²) < 4.78 is 1.15. The number of anilines is 1. The summed E-state index contributed by atoms with van der Waals surface area (Å²) in [6, 6.07) is 10.7. The van der Waals surface area contributed by atoms with Gasteiger partial charge < -0.3 is 5.32 Å². The Kier molecular flexibility index (Phi) is 6.64. The van der Waals surface area contributed by atoms with E-state index in [4.69, 9.17) is 35.4 Å². The molecule has 7 heteroatoms. The largest absolute Gasteiger partial charge is 0.332 e. The van der Waals surface area contributed by atoms with E-state index in [1.807, 2.05) is 12.1 Å². The van der Waals surface area contributed by atoms with Crippen molar-refractivity contribution in [3.05, 3.63) is 61.1 Å². The molecule has 0 bridgehead atoms. The van der Waals surface area contributed by atoms with Crippen molar-refractivity contribution < 1.29 is 4.79 Å². The summed E-state index contributed by atoms with van der Waals surface area (Å²) in [6.07, 6.45) is 0.864. The third-order valence-corrected chi connectivity index (χ3v) is 4.72. The average Bonchev–Trinajstić information content (AvgIpc) is 2.51. The van der Waals surface area contributed by atoms with E-state index in [0.29, 0.717) is 15.6 Å².